The Morgan fingerprint density at radius 1 is 1.50 bits per heavy atom. The highest BCUT2D eigenvalue weighted by Crippen LogP contribution is 2.24. The molecule has 2 rings (SSSR count). The summed E-state index contributed by atoms with van der Waals surface area (Å²) in [6, 6.07) is 5.94. The van der Waals surface area contributed by atoms with Crippen molar-refractivity contribution >= 4 is 33.1 Å². The van der Waals surface area contributed by atoms with Gasteiger partial charge in [-0.15, -0.1) is 11.3 Å². The summed E-state index contributed by atoms with van der Waals surface area (Å²) in [5.41, 5.74) is 1.92. The van der Waals surface area contributed by atoms with Crippen LogP contribution >= 0.6 is 11.3 Å². The number of nitrogens with zero attached hydrogens (tertiary/aromatic N) is 1. The Labute approximate surface area is 122 Å². The van der Waals surface area contributed by atoms with Gasteiger partial charge in [0.05, 0.1) is 28.4 Å². The average Bonchev–Trinajstić information content (AvgIpc) is 2.75. The predicted molar refractivity (Wildman–Crippen MR) is 82.3 cm³/mol. The molecule has 1 amide bonds. The number of amides is 1. The number of anilines is 1. The van der Waals surface area contributed by atoms with Crippen LogP contribution in [0.2, 0.25) is 0 Å². The van der Waals surface area contributed by atoms with Gasteiger partial charge in [-0.2, -0.15) is 0 Å². The van der Waals surface area contributed by atoms with Crippen molar-refractivity contribution in [3.05, 3.63) is 23.2 Å². The molecule has 0 fully saturated rings. The number of aryl methyl sites for hydroxylation is 1. The summed E-state index contributed by atoms with van der Waals surface area (Å²) in [7, 11) is 1.62. The highest BCUT2D eigenvalue weighted by atomic mass is 32.1. The third-order valence-electron chi connectivity index (χ3n) is 2.77. The second-order valence-corrected chi connectivity index (χ2v) is 5.93. The van der Waals surface area contributed by atoms with Gasteiger partial charge in [0.2, 0.25) is 5.91 Å². The minimum absolute atomic E-state index is 0.0147. The van der Waals surface area contributed by atoms with E-state index in [1.165, 1.54) is 0 Å². The molecule has 0 radical (unpaired) electrons. The quantitative estimate of drug-likeness (QED) is 0.857. The molecule has 1 atom stereocenters. The lowest BCUT2D eigenvalue weighted by atomic mass is 10.3. The monoisotopic (exact) mass is 293 g/mol. The van der Waals surface area contributed by atoms with Gasteiger partial charge < -0.3 is 15.4 Å². The molecule has 0 saturated heterocycles. The number of benzene rings is 1. The van der Waals surface area contributed by atoms with E-state index in [-0.39, 0.29) is 18.5 Å². The standard InChI is InChI=1S/C14H19N3O2S/c1-9(8-19-3)16-14(18)7-15-11-4-5-12-13(6-11)20-10(2)17-12/h4-6,9,15H,7-8H2,1-3H3,(H,16,18). The number of carbonyl (C=O) groups excluding carboxylic acids is 1. The van der Waals surface area contributed by atoms with E-state index >= 15 is 0 Å². The van der Waals surface area contributed by atoms with E-state index in [2.05, 4.69) is 15.6 Å². The smallest absolute Gasteiger partial charge is 0.239 e. The van der Waals surface area contributed by atoms with E-state index in [1.807, 2.05) is 32.0 Å². The topological polar surface area (TPSA) is 63.2 Å². The number of aromatic nitrogens is 1. The minimum atomic E-state index is -0.0462. The maximum absolute atomic E-state index is 11.7. The van der Waals surface area contributed by atoms with Gasteiger partial charge in [-0.25, -0.2) is 4.98 Å². The highest BCUT2D eigenvalue weighted by Gasteiger charge is 2.07. The summed E-state index contributed by atoms with van der Waals surface area (Å²) in [6.45, 7) is 4.66. The number of hydrogen-bond acceptors (Lipinski definition) is 5. The number of thiazole rings is 1. The molecule has 6 heteroatoms. The van der Waals surface area contributed by atoms with Crippen molar-refractivity contribution in [1.29, 1.82) is 0 Å². The maximum Gasteiger partial charge on any atom is 0.239 e. The van der Waals surface area contributed by atoms with Crippen LogP contribution in [0.4, 0.5) is 5.69 Å². The molecule has 0 aliphatic rings. The Balaban J connectivity index is 1.90. The van der Waals surface area contributed by atoms with Crippen molar-refractivity contribution in [3.8, 4) is 0 Å². The van der Waals surface area contributed by atoms with Crippen LogP contribution in [-0.2, 0) is 9.53 Å². The molecule has 108 valence electrons. The van der Waals surface area contributed by atoms with Crippen molar-refractivity contribution in [2.45, 2.75) is 19.9 Å². The molecule has 5 nitrogen and oxygen atoms in total. The van der Waals surface area contributed by atoms with Crippen LogP contribution in [0.5, 0.6) is 0 Å². The van der Waals surface area contributed by atoms with Gasteiger partial charge in [-0.3, -0.25) is 4.79 Å². The maximum atomic E-state index is 11.7. The zero-order valence-corrected chi connectivity index (χ0v) is 12.7. The number of methoxy groups -OCH3 is 1. The van der Waals surface area contributed by atoms with Crippen LogP contribution in [0.1, 0.15) is 11.9 Å². The van der Waals surface area contributed by atoms with Crippen molar-refractivity contribution in [2.24, 2.45) is 0 Å². The Hall–Kier alpha value is -1.66. The van der Waals surface area contributed by atoms with Crippen molar-refractivity contribution in [3.63, 3.8) is 0 Å². The normalized spacial score (nSPS) is 12.3. The lowest BCUT2D eigenvalue weighted by molar-refractivity contribution is -0.120. The number of hydrogen-bond donors (Lipinski definition) is 2. The lowest BCUT2D eigenvalue weighted by Gasteiger charge is -2.13. The second kappa shape index (κ2) is 6.67. The van der Waals surface area contributed by atoms with Crippen LogP contribution in [0.25, 0.3) is 10.2 Å². The minimum Gasteiger partial charge on any atom is -0.383 e. The van der Waals surface area contributed by atoms with E-state index < -0.39 is 0 Å². The van der Waals surface area contributed by atoms with E-state index in [4.69, 9.17) is 4.74 Å². The summed E-state index contributed by atoms with van der Waals surface area (Å²) in [5, 5.41) is 7.02. The molecular formula is C14H19N3O2S. The Bertz CT molecular complexity index is 597. The zero-order chi connectivity index (χ0) is 14.5. The molecule has 2 N–H and O–H groups in total. The number of ether oxygens (including phenoxy) is 1. The summed E-state index contributed by atoms with van der Waals surface area (Å²) in [4.78, 5) is 16.1. The molecule has 20 heavy (non-hydrogen) atoms. The molecule has 1 aromatic carbocycles. The number of nitrogens with one attached hydrogen (secondary N) is 2. The van der Waals surface area contributed by atoms with Crippen LogP contribution in [0.3, 0.4) is 0 Å². The first kappa shape index (κ1) is 14.7. The van der Waals surface area contributed by atoms with E-state index in [9.17, 15) is 4.79 Å². The van der Waals surface area contributed by atoms with Crippen LogP contribution < -0.4 is 10.6 Å². The van der Waals surface area contributed by atoms with Crippen LogP contribution in [-0.4, -0.2) is 37.2 Å². The summed E-state index contributed by atoms with van der Waals surface area (Å²) in [5.74, 6) is -0.0462. The van der Waals surface area contributed by atoms with Crippen LogP contribution in [0.15, 0.2) is 18.2 Å². The van der Waals surface area contributed by atoms with Gasteiger partial charge in [0, 0.05) is 18.8 Å². The van der Waals surface area contributed by atoms with E-state index in [0.29, 0.717) is 6.61 Å². The van der Waals surface area contributed by atoms with Gasteiger partial charge in [0.15, 0.2) is 0 Å². The first-order valence-corrected chi connectivity index (χ1v) is 7.29. The molecule has 0 aliphatic carbocycles. The summed E-state index contributed by atoms with van der Waals surface area (Å²) >= 11 is 1.65. The highest BCUT2D eigenvalue weighted by molar-refractivity contribution is 7.18. The molecule has 1 unspecified atom stereocenters. The molecule has 0 saturated carbocycles. The molecule has 2 aromatic rings. The zero-order valence-electron chi connectivity index (χ0n) is 11.9. The summed E-state index contributed by atoms with van der Waals surface area (Å²) < 4.78 is 6.10. The van der Waals surface area contributed by atoms with Gasteiger partial charge in [0.1, 0.15) is 0 Å². The van der Waals surface area contributed by atoms with Crippen LogP contribution in [0, 0.1) is 6.92 Å². The van der Waals surface area contributed by atoms with Gasteiger partial charge in [-0.1, -0.05) is 0 Å². The summed E-state index contributed by atoms with van der Waals surface area (Å²) in [6.07, 6.45) is 0. The number of carbonyl (C=O) groups is 1. The Kier molecular flexibility index (Phi) is 4.92. The fourth-order valence-electron chi connectivity index (χ4n) is 1.95. The fourth-order valence-corrected chi connectivity index (χ4v) is 2.82. The van der Waals surface area contributed by atoms with Crippen molar-refractivity contribution in [1.82, 2.24) is 10.3 Å². The average molecular weight is 293 g/mol. The third-order valence-corrected chi connectivity index (χ3v) is 3.71. The molecule has 0 bridgehead atoms. The largest absolute Gasteiger partial charge is 0.383 e. The SMILES string of the molecule is COCC(C)NC(=O)CNc1ccc2nc(C)sc2c1. The Morgan fingerprint density at radius 3 is 3.05 bits per heavy atom. The molecule has 1 heterocycles. The number of fused-ring (bicyclic) bond motifs is 1. The molecule has 1 aromatic heterocycles. The molecule has 0 spiro atoms. The van der Waals surface area contributed by atoms with Gasteiger partial charge in [-0.05, 0) is 32.0 Å². The fraction of sp³-hybridized carbons (Fsp3) is 0.429. The third kappa shape index (κ3) is 3.91. The molecule has 0 aliphatic heterocycles. The Morgan fingerprint density at radius 2 is 2.30 bits per heavy atom. The van der Waals surface area contributed by atoms with Crippen molar-refractivity contribution < 1.29 is 9.53 Å². The molecular weight excluding hydrogens is 274 g/mol. The van der Waals surface area contributed by atoms with Crippen molar-refractivity contribution in [2.75, 3.05) is 25.6 Å². The van der Waals surface area contributed by atoms with Gasteiger partial charge in [0.25, 0.3) is 0 Å². The first-order valence-electron chi connectivity index (χ1n) is 6.48. The lowest BCUT2D eigenvalue weighted by Crippen LogP contribution is -2.39. The second-order valence-electron chi connectivity index (χ2n) is 4.69. The van der Waals surface area contributed by atoms with E-state index in [0.717, 1.165) is 20.9 Å². The van der Waals surface area contributed by atoms with E-state index in [1.54, 1.807) is 18.4 Å². The number of rotatable bonds is 6. The van der Waals surface area contributed by atoms with Gasteiger partial charge >= 0.3 is 0 Å². The first-order chi connectivity index (χ1) is 9.58. The predicted octanol–water partition coefficient (Wildman–Crippen LogP) is 2.17.